The number of nitrogens with zero attached hydrogens (tertiary/aromatic N) is 1. The number of aromatic hydroxyl groups is 1. The Labute approximate surface area is 242 Å². The lowest BCUT2D eigenvalue weighted by Gasteiger charge is -2.55. The van der Waals surface area contributed by atoms with Gasteiger partial charge >= 0.3 is 0 Å². The Hall–Kier alpha value is -3.99. The van der Waals surface area contributed by atoms with Crippen molar-refractivity contribution < 1.29 is 39.3 Å². The van der Waals surface area contributed by atoms with E-state index in [1.54, 1.807) is 12.1 Å². The minimum Gasteiger partial charge on any atom is -0.507 e. The van der Waals surface area contributed by atoms with Crippen LogP contribution in [0.5, 0.6) is 5.75 Å². The first-order chi connectivity index (χ1) is 19.5. The minimum absolute atomic E-state index is 0.118. The molecule has 2 unspecified atom stereocenters. The van der Waals surface area contributed by atoms with Crippen molar-refractivity contribution in [3.05, 3.63) is 64.7 Å². The summed E-state index contributed by atoms with van der Waals surface area (Å²) < 4.78 is 0. The molecule has 3 aliphatic carbocycles. The second kappa shape index (κ2) is 9.79. The maximum absolute atomic E-state index is 14.2. The summed E-state index contributed by atoms with van der Waals surface area (Å²) in [5.74, 6) is -13.2. The third-order valence-electron chi connectivity index (χ3n) is 8.97. The van der Waals surface area contributed by atoms with E-state index in [9.17, 15) is 39.3 Å². The number of amides is 1. The number of carbonyl (C=O) groups is 5. The van der Waals surface area contributed by atoms with E-state index in [2.05, 4.69) is 20.8 Å². The van der Waals surface area contributed by atoms with Crippen molar-refractivity contribution in [2.75, 3.05) is 14.1 Å². The van der Waals surface area contributed by atoms with Gasteiger partial charge in [0.2, 0.25) is 5.91 Å². The zero-order valence-electron chi connectivity index (χ0n) is 24.0. The number of primary amides is 1. The number of aliphatic hydroxyl groups excluding tert-OH is 1. The van der Waals surface area contributed by atoms with Gasteiger partial charge in [0, 0.05) is 5.92 Å². The average Bonchev–Trinajstić information content (AvgIpc) is 2.89. The molecule has 1 amide bonds. The normalized spacial score (nSPS) is 32.0. The smallest absolute Gasteiger partial charge is 0.235 e. The largest absolute Gasteiger partial charge is 0.507 e. The molecule has 10 heteroatoms. The number of rotatable bonds is 3. The van der Waals surface area contributed by atoms with Gasteiger partial charge in [0.1, 0.15) is 5.75 Å². The van der Waals surface area contributed by atoms with Crippen molar-refractivity contribution >= 4 is 40.7 Å². The van der Waals surface area contributed by atoms with Crippen LogP contribution in [-0.2, 0) is 24.6 Å². The van der Waals surface area contributed by atoms with Crippen LogP contribution in [0.3, 0.4) is 0 Å². The lowest BCUT2D eigenvalue weighted by molar-refractivity contribution is -0.192. The molecule has 3 aliphatic rings. The number of benzene rings is 2. The van der Waals surface area contributed by atoms with Crippen molar-refractivity contribution in [1.82, 2.24) is 4.90 Å². The van der Waals surface area contributed by atoms with E-state index >= 15 is 0 Å². The molecule has 10 nitrogen and oxygen atoms in total. The third-order valence-corrected chi connectivity index (χ3v) is 8.97. The molecule has 5 rings (SSSR count). The Morgan fingerprint density at radius 1 is 1.00 bits per heavy atom. The predicted octanol–water partition coefficient (Wildman–Crippen LogP) is 1.13. The molecule has 5 N–H and O–H groups in total. The summed E-state index contributed by atoms with van der Waals surface area (Å²) in [5, 5.41) is 34.5. The maximum Gasteiger partial charge on any atom is 0.235 e. The van der Waals surface area contributed by atoms with Gasteiger partial charge in [0.05, 0.1) is 29.5 Å². The summed E-state index contributed by atoms with van der Waals surface area (Å²) in [4.78, 5) is 68.6. The molecule has 0 saturated heterocycles. The van der Waals surface area contributed by atoms with E-state index in [1.807, 2.05) is 24.3 Å². The van der Waals surface area contributed by atoms with Crippen molar-refractivity contribution in [1.29, 1.82) is 0 Å². The van der Waals surface area contributed by atoms with E-state index in [1.165, 1.54) is 31.1 Å². The number of likely N-dealkylation sites (N-methyl/N-ethyl adjacent to an activating group) is 1. The van der Waals surface area contributed by atoms with Crippen LogP contribution in [0.15, 0.2) is 42.5 Å². The third kappa shape index (κ3) is 4.08. The second-order valence-corrected chi connectivity index (χ2v) is 12.7. The highest BCUT2D eigenvalue weighted by Gasteiger charge is 2.72. The lowest BCUT2D eigenvalue weighted by atomic mass is 9.50. The zero-order chi connectivity index (χ0) is 31.0. The van der Waals surface area contributed by atoms with Crippen molar-refractivity contribution in [3.63, 3.8) is 0 Å². The molecule has 2 fully saturated rings. The monoisotopic (exact) mass is 574 g/mol. The summed E-state index contributed by atoms with van der Waals surface area (Å²) in [6.07, 6.45) is -0.0645. The van der Waals surface area contributed by atoms with Crippen molar-refractivity contribution in [2.24, 2.45) is 29.4 Å². The first kappa shape index (κ1) is 29.5. The standard InChI is InChI=1S/C32H34N2O8/c1-31(2,3)15-11-9-14(10-12-15)13-17-16-7-6-8-18(35)19(16)25(36)21-20(17)26(37)23-24(34(4)5)27(38)22(30(33)41)29(40)32(23,42)28(21)39/h6-13,20-24,26,35,37,42H,1-5H3,(H2,33,41)/t20-,21?,22?,23-,24+,26+,32+/m0/s1. The van der Waals surface area contributed by atoms with Crippen molar-refractivity contribution in [3.8, 4) is 5.75 Å². The number of Topliss-reactive ketones (excluding diaryl/α,β-unsaturated/α-hetero) is 4. The topological polar surface area (TPSA) is 175 Å². The lowest BCUT2D eigenvalue weighted by Crippen LogP contribution is -2.77. The van der Waals surface area contributed by atoms with Crippen LogP contribution < -0.4 is 5.73 Å². The van der Waals surface area contributed by atoms with Gasteiger partial charge in [-0.05, 0) is 47.8 Å². The Kier molecular flexibility index (Phi) is 6.88. The van der Waals surface area contributed by atoms with Gasteiger partial charge in [-0.25, -0.2) is 0 Å². The fourth-order valence-corrected chi connectivity index (χ4v) is 6.93. The summed E-state index contributed by atoms with van der Waals surface area (Å²) in [7, 11) is 2.90. The summed E-state index contributed by atoms with van der Waals surface area (Å²) >= 11 is 0. The Morgan fingerprint density at radius 3 is 2.17 bits per heavy atom. The maximum atomic E-state index is 14.2. The van der Waals surface area contributed by atoms with Crippen LogP contribution in [0.1, 0.15) is 47.8 Å². The molecule has 0 heterocycles. The molecular formula is C32H34N2O8. The minimum atomic E-state index is -3.06. The first-order valence-corrected chi connectivity index (χ1v) is 13.7. The Bertz CT molecular complexity index is 1570. The van der Waals surface area contributed by atoms with E-state index in [0.29, 0.717) is 11.1 Å². The highest BCUT2D eigenvalue weighted by molar-refractivity contribution is 6.33. The average molecular weight is 575 g/mol. The molecule has 220 valence electrons. The van der Waals surface area contributed by atoms with Gasteiger partial charge in [-0.15, -0.1) is 0 Å². The molecule has 2 aromatic rings. The quantitative estimate of drug-likeness (QED) is 0.392. The number of phenolic OH excluding ortho intramolecular Hbond substituents is 1. The Balaban J connectivity index is 1.76. The first-order valence-electron chi connectivity index (χ1n) is 13.7. The summed E-state index contributed by atoms with van der Waals surface area (Å²) in [6, 6.07) is 10.5. The molecule has 7 atom stereocenters. The van der Waals surface area contributed by atoms with Gasteiger partial charge in [-0.1, -0.05) is 63.2 Å². The van der Waals surface area contributed by atoms with E-state index in [-0.39, 0.29) is 16.5 Å². The van der Waals surface area contributed by atoms with Gasteiger partial charge in [0.25, 0.3) is 0 Å². The fraction of sp³-hybridized carbons (Fsp3) is 0.406. The highest BCUT2D eigenvalue weighted by atomic mass is 16.3. The van der Waals surface area contributed by atoms with E-state index in [0.717, 1.165) is 5.56 Å². The molecular weight excluding hydrogens is 540 g/mol. The number of ketones is 4. The summed E-state index contributed by atoms with van der Waals surface area (Å²) in [5.41, 5.74) is 4.35. The van der Waals surface area contributed by atoms with Gasteiger partial charge in [-0.2, -0.15) is 0 Å². The summed E-state index contributed by atoms with van der Waals surface area (Å²) in [6.45, 7) is 6.20. The number of fused-ring (bicyclic) bond motifs is 3. The molecule has 42 heavy (non-hydrogen) atoms. The number of hydrogen-bond acceptors (Lipinski definition) is 9. The van der Waals surface area contributed by atoms with Crippen LogP contribution in [0.25, 0.3) is 11.6 Å². The van der Waals surface area contributed by atoms with E-state index < -0.39 is 76.2 Å². The second-order valence-electron chi connectivity index (χ2n) is 12.7. The number of nitrogens with two attached hydrogens (primary N) is 1. The van der Waals surface area contributed by atoms with Crippen LogP contribution in [0.4, 0.5) is 0 Å². The number of hydrogen-bond donors (Lipinski definition) is 4. The molecule has 2 saturated carbocycles. The Morgan fingerprint density at radius 2 is 1.62 bits per heavy atom. The molecule has 0 bridgehead atoms. The molecule has 0 radical (unpaired) electrons. The predicted molar refractivity (Wildman–Crippen MR) is 152 cm³/mol. The number of phenols is 1. The van der Waals surface area contributed by atoms with Gasteiger partial charge in [0.15, 0.2) is 34.7 Å². The molecule has 2 aromatic carbocycles. The van der Waals surface area contributed by atoms with E-state index in [4.69, 9.17) is 5.73 Å². The number of carbonyl (C=O) groups excluding carboxylic acids is 5. The highest BCUT2D eigenvalue weighted by Crippen LogP contribution is 2.54. The van der Waals surface area contributed by atoms with Gasteiger partial charge in [-0.3, -0.25) is 28.9 Å². The molecule has 0 aromatic heterocycles. The number of aliphatic hydroxyl groups is 2. The zero-order valence-corrected chi connectivity index (χ0v) is 24.0. The van der Waals surface area contributed by atoms with Gasteiger partial charge < -0.3 is 21.1 Å². The SMILES string of the molecule is CN(C)[C@H]1C(=O)C(C(N)=O)C(=O)[C@]2(O)C(=O)C3C(=O)c4c(O)cccc4C(=Cc4ccc(C(C)(C)C)cc4)[C@@H]3[C@@H](O)[C@H]12. The van der Waals surface area contributed by atoms with Crippen molar-refractivity contribution in [2.45, 2.75) is 43.9 Å². The van der Waals surface area contributed by atoms with Crippen LogP contribution in [0, 0.1) is 23.7 Å². The fourth-order valence-electron chi connectivity index (χ4n) is 6.93. The molecule has 0 spiro atoms. The van der Waals surface area contributed by atoms with Crippen LogP contribution in [0.2, 0.25) is 0 Å². The van der Waals surface area contributed by atoms with Crippen LogP contribution >= 0.6 is 0 Å². The van der Waals surface area contributed by atoms with Crippen LogP contribution in [-0.4, -0.2) is 81.1 Å². The molecule has 0 aliphatic heterocycles.